The Balaban J connectivity index is 0.00000172. The summed E-state index contributed by atoms with van der Waals surface area (Å²) < 4.78 is 23.8. The Hall–Kier alpha value is -4.55. The third-order valence-electron chi connectivity index (χ3n) is 6.20. The van der Waals surface area contributed by atoms with Gasteiger partial charge in [-0.3, -0.25) is 5.32 Å². The molecule has 0 aliphatic carbocycles. The third-order valence-corrected chi connectivity index (χ3v) is 6.20. The zero-order valence-corrected chi connectivity index (χ0v) is 21.9. The smallest absolute Gasteiger partial charge is 0.391 e. The van der Waals surface area contributed by atoms with Gasteiger partial charge in [-0.15, -0.1) is 5.10 Å². The molecule has 0 bridgehead atoms. The summed E-state index contributed by atoms with van der Waals surface area (Å²) in [6.45, 7) is 2.39. The topological polar surface area (TPSA) is 164 Å². The van der Waals surface area contributed by atoms with Crippen LogP contribution >= 0.6 is 0 Å². The van der Waals surface area contributed by atoms with E-state index < -0.39 is 11.3 Å². The molecule has 0 saturated carbocycles. The van der Waals surface area contributed by atoms with E-state index in [1.54, 1.807) is 26.1 Å². The first kappa shape index (κ1) is 27.5. The molecule has 3 aromatic heterocycles. The summed E-state index contributed by atoms with van der Waals surface area (Å²) in [5.74, 6) is -0.265. The summed E-state index contributed by atoms with van der Waals surface area (Å²) in [5, 5.41) is 18.2. The van der Waals surface area contributed by atoms with Gasteiger partial charge in [0.1, 0.15) is 5.82 Å². The largest absolute Gasteiger partial charge is 0.434 e. The molecule has 0 fully saturated rings. The first-order chi connectivity index (χ1) is 19.0. The molecule has 12 heteroatoms. The predicted octanol–water partition coefficient (Wildman–Crippen LogP) is 2.95. The lowest BCUT2D eigenvalue weighted by atomic mass is 9.88. The maximum atomic E-state index is 13.1. The first-order valence-corrected chi connectivity index (χ1v) is 12.4. The SMILES string of the molecule is CN.CNC(c1noc(C)n1)(c1n[nH]c(=O)o1)c1[nH]c2ccccc2c1CCCN/C=C/c1ccc(F)cc1. The summed E-state index contributed by atoms with van der Waals surface area (Å²) >= 11 is 0. The number of benzene rings is 2. The van der Waals surface area contributed by atoms with Crippen LogP contribution in [0.3, 0.4) is 0 Å². The second-order valence-electron chi connectivity index (χ2n) is 8.52. The fourth-order valence-electron chi connectivity index (χ4n) is 4.46. The highest BCUT2D eigenvalue weighted by Crippen LogP contribution is 2.38. The summed E-state index contributed by atoms with van der Waals surface area (Å²) in [4.78, 5) is 19.9. The van der Waals surface area contributed by atoms with Crippen molar-refractivity contribution in [3.8, 4) is 0 Å². The fourth-order valence-corrected chi connectivity index (χ4v) is 4.46. The van der Waals surface area contributed by atoms with Gasteiger partial charge >= 0.3 is 5.76 Å². The van der Waals surface area contributed by atoms with Crippen molar-refractivity contribution in [2.45, 2.75) is 25.3 Å². The minimum Gasteiger partial charge on any atom is -0.391 e. The highest BCUT2D eigenvalue weighted by atomic mass is 19.1. The number of rotatable bonds is 10. The summed E-state index contributed by atoms with van der Waals surface area (Å²) in [5.41, 5.74) is 6.72. The van der Waals surface area contributed by atoms with Gasteiger partial charge in [-0.2, -0.15) is 4.98 Å². The van der Waals surface area contributed by atoms with E-state index in [1.165, 1.54) is 19.2 Å². The monoisotopic (exact) mass is 534 g/mol. The molecular weight excluding hydrogens is 503 g/mol. The minimum atomic E-state index is -1.30. The van der Waals surface area contributed by atoms with E-state index in [-0.39, 0.29) is 17.5 Å². The molecule has 39 heavy (non-hydrogen) atoms. The highest BCUT2D eigenvalue weighted by molar-refractivity contribution is 5.85. The molecule has 2 aromatic carbocycles. The number of nitrogens with two attached hydrogens (primary N) is 1. The van der Waals surface area contributed by atoms with Gasteiger partial charge in [0.15, 0.2) is 0 Å². The molecule has 0 spiro atoms. The Labute approximate surface area is 223 Å². The standard InChI is InChI=1S/C26H26FN7O3.CH5N/c1-16-30-23(34-37-16)26(28-2,24-32-33-25(35)36-24)22-20(19-6-3-4-8-21(19)31-22)7-5-14-29-15-13-17-9-11-18(27)12-10-17;1-2/h3-4,6,8-13,15,28-29,31H,5,7,14H2,1-2H3,(H,33,35);2H2,1H3/b15-13+;. The van der Waals surface area contributed by atoms with E-state index in [4.69, 9.17) is 8.94 Å². The maximum Gasteiger partial charge on any atom is 0.434 e. The van der Waals surface area contributed by atoms with Crippen LogP contribution in [0, 0.1) is 12.7 Å². The molecule has 6 N–H and O–H groups in total. The van der Waals surface area contributed by atoms with E-state index in [0.29, 0.717) is 24.6 Å². The maximum absolute atomic E-state index is 13.1. The van der Waals surface area contributed by atoms with Crippen LogP contribution in [0.2, 0.25) is 0 Å². The molecule has 5 aromatic rings. The van der Waals surface area contributed by atoms with Gasteiger partial charge in [0.25, 0.3) is 5.89 Å². The number of aromatic amines is 2. The quantitative estimate of drug-likeness (QED) is 0.169. The van der Waals surface area contributed by atoms with E-state index in [0.717, 1.165) is 28.5 Å². The number of halogens is 1. The van der Waals surface area contributed by atoms with Crippen molar-refractivity contribution in [1.29, 1.82) is 0 Å². The van der Waals surface area contributed by atoms with Gasteiger partial charge in [0, 0.05) is 24.4 Å². The van der Waals surface area contributed by atoms with Gasteiger partial charge in [0.2, 0.25) is 17.3 Å². The van der Waals surface area contributed by atoms with Gasteiger partial charge in [-0.05, 0) is 68.5 Å². The molecule has 1 unspecified atom stereocenters. The Morgan fingerprint density at radius 2 is 1.92 bits per heavy atom. The number of fused-ring (bicyclic) bond motifs is 1. The minimum absolute atomic E-state index is 0.0639. The molecule has 5 rings (SSSR count). The Morgan fingerprint density at radius 3 is 2.59 bits per heavy atom. The lowest BCUT2D eigenvalue weighted by molar-refractivity contribution is 0.322. The first-order valence-electron chi connectivity index (χ1n) is 12.4. The van der Waals surface area contributed by atoms with Crippen LogP contribution in [0.5, 0.6) is 0 Å². The summed E-state index contributed by atoms with van der Waals surface area (Å²) in [6, 6.07) is 14.2. The molecule has 0 radical (unpaired) electrons. The Kier molecular flexibility index (Phi) is 8.69. The van der Waals surface area contributed by atoms with Gasteiger partial charge in [0.05, 0.1) is 5.69 Å². The van der Waals surface area contributed by atoms with Crippen molar-refractivity contribution in [3.63, 3.8) is 0 Å². The zero-order chi connectivity index (χ0) is 27.8. The molecule has 0 saturated heterocycles. The number of para-hydroxylation sites is 1. The van der Waals surface area contributed by atoms with Crippen molar-refractivity contribution in [2.24, 2.45) is 5.73 Å². The summed E-state index contributed by atoms with van der Waals surface area (Å²) in [7, 11) is 3.22. The highest BCUT2D eigenvalue weighted by Gasteiger charge is 2.47. The van der Waals surface area contributed by atoms with E-state index >= 15 is 0 Å². The van der Waals surface area contributed by atoms with Gasteiger partial charge in [-0.25, -0.2) is 14.3 Å². The van der Waals surface area contributed by atoms with Crippen molar-refractivity contribution in [2.75, 3.05) is 20.6 Å². The van der Waals surface area contributed by atoms with Crippen LogP contribution in [-0.2, 0) is 12.0 Å². The molecule has 204 valence electrons. The van der Waals surface area contributed by atoms with Crippen LogP contribution < -0.4 is 22.1 Å². The number of aryl methyl sites for hydroxylation is 2. The van der Waals surface area contributed by atoms with Crippen LogP contribution in [0.4, 0.5) is 4.39 Å². The molecule has 0 aliphatic heterocycles. The van der Waals surface area contributed by atoms with E-state index in [9.17, 15) is 9.18 Å². The number of H-pyrrole nitrogens is 2. The van der Waals surface area contributed by atoms with Crippen LogP contribution in [0.15, 0.2) is 68.5 Å². The lowest BCUT2D eigenvalue weighted by Crippen LogP contribution is -2.45. The molecule has 0 aliphatic rings. The predicted molar refractivity (Wildman–Crippen MR) is 145 cm³/mol. The Bertz CT molecular complexity index is 1580. The molecule has 0 amide bonds. The number of nitrogens with one attached hydrogen (secondary N) is 4. The number of nitrogens with zero attached hydrogens (tertiary/aromatic N) is 3. The fraction of sp³-hybridized carbons (Fsp3) is 0.259. The van der Waals surface area contributed by atoms with E-state index in [2.05, 4.69) is 41.7 Å². The Morgan fingerprint density at radius 1 is 1.15 bits per heavy atom. The third kappa shape index (κ3) is 5.66. The second-order valence-corrected chi connectivity index (χ2v) is 8.52. The van der Waals surface area contributed by atoms with Gasteiger partial charge < -0.3 is 25.0 Å². The summed E-state index contributed by atoms with van der Waals surface area (Å²) in [6.07, 6.45) is 5.21. The van der Waals surface area contributed by atoms with Gasteiger partial charge in [-0.1, -0.05) is 35.5 Å². The zero-order valence-electron chi connectivity index (χ0n) is 21.9. The second kappa shape index (κ2) is 12.3. The van der Waals surface area contributed by atoms with Crippen LogP contribution in [0.25, 0.3) is 17.0 Å². The lowest BCUT2D eigenvalue weighted by Gasteiger charge is -2.27. The molecule has 1 atom stereocenters. The van der Waals surface area contributed by atoms with E-state index in [1.807, 2.05) is 36.5 Å². The number of hydrogen-bond donors (Lipinski definition) is 5. The van der Waals surface area contributed by atoms with Crippen molar-refractivity contribution < 1.29 is 13.3 Å². The van der Waals surface area contributed by atoms with Crippen LogP contribution in [0.1, 0.15) is 40.8 Å². The number of hydrogen-bond acceptors (Lipinski definition) is 9. The molecule has 11 nitrogen and oxygen atoms in total. The van der Waals surface area contributed by atoms with Crippen molar-refractivity contribution >= 4 is 17.0 Å². The van der Waals surface area contributed by atoms with Crippen LogP contribution in [-0.4, -0.2) is 46.0 Å². The van der Waals surface area contributed by atoms with Crippen molar-refractivity contribution in [3.05, 3.63) is 106 Å². The average Bonchev–Trinajstić information content (AvgIpc) is 3.69. The molecule has 3 heterocycles. The molecular formula is C27H31FN8O3. The number of aromatic nitrogens is 5. The normalized spacial score (nSPS) is 12.8. The van der Waals surface area contributed by atoms with Crippen molar-refractivity contribution in [1.82, 2.24) is 36.0 Å². The average molecular weight is 535 g/mol.